The van der Waals surface area contributed by atoms with Crippen molar-refractivity contribution >= 4 is 5.91 Å². The van der Waals surface area contributed by atoms with Gasteiger partial charge in [-0.3, -0.25) is 4.79 Å². The van der Waals surface area contributed by atoms with Gasteiger partial charge >= 0.3 is 0 Å². The lowest BCUT2D eigenvalue weighted by atomic mass is 9.89. The van der Waals surface area contributed by atoms with Gasteiger partial charge in [0.1, 0.15) is 0 Å². The molecule has 1 N–H and O–H groups in total. The first-order chi connectivity index (χ1) is 12.1. The van der Waals surface area contributed by atoms with Gasteiger partial charge in [0.25, 0.3) is 5.91 Å². The minimum atomic E-state index is 0.0694. The first kappa shape index (κ1) is 18.4. The second-order valence-electron chi connectivity index (χ2n) is 8.16. The van der Waals surface area contributed by atoms with Crippen LogP contribution in [0.1, 0.15) is 74.6 Å². The molecule has 6 nitrogen and oxygen atoms in total. The summed E-state index contributed by atoms with van der Waals surface area (Å²) in [5, 5.41) is 11.9. The van der Waals surface area contributed by atoms with Crippen molar-refractivity contribution in [3.63, 3.8) is 0 Å². The van der Waals surface area contributed by atoms with Gasteiger partial charge in [0.05, 0.1) is 11.7 Å². The molecule has 1 aromatic heterocycles. The maximum absolute atomic E-state index is 12.9. The van der Waals surface area contributed by atoms with Crippen molar-refractivity contribution in [3.8, 4) is 0 Å². The molecule has 3 heterocycles. The van der Waals surface area contributed by atoms with Crippen LogP contribution in [0.25, 0.3) is 0 Å². The van der Waals surface area contributed by atoms with Crippen LogP contribution in [0.15, 0.2) is 0 Å². The van der Waals surface area contributed by atoms with E-state index >= 15 is 0 Å². The smallest absolute Gasteiger partial charge is 0.276 e. The molecule has 0 saturated carbocycles. The Morgan fingerprint density at radius 2 is 1.88 bits per heavy atom. The minimum absolute atomic E-state index is 0.0694. The van der Waals surface area contributed by atoms with E-state index in [9.17, 15) is 4.79 Å². The Labute approximate surface area is 151 Å². The lowest BCUT2D eigenvalue weighted by Crippen LogP contribution is -2.39. The molecule has 3 rings (SSSR count). The van der Waals surface area contributed by atoms with Crippen molar-refractivity contribution in [2.45, 2.75) is 65.3 Å². The molecule has 2 aliphatic rings. The molecule has 2 aliphatic heterocycles. The molecule has 6 heteroatoms. The molecule has 2 fully saturated rings. The fourth-order valence-corrected chi connectivity index (χ4v) is 4.08. The van der Waals surface area contributed by atoms with E-state index < -0.39 is 0 Å². The zero-order valence-electron chi connectivity index (χ0n) is 16.0. The summed E-state index contributed by atoms with van der Waals surface area (Å²) in [4.78, 5) is 14.9. The zero-order chi connectivity index (χ0) is 17.8. The number of aromatic nitrogens is 3. The molecule has 25 heavy (non-hydrogen) atoms. The Bertz CT molecular complexity index is 568. The highest BCUT2D eigenvalue weighted by Crippen LogP contribution is 2.26. The number of carbonyl (C=O) groups excluding carboxylic acids is 1. The average molecular weight is 348 g/mol. The normalized spacial score (nSPS) is 20.4. The van der Waals surface area contributed by atoms with Crippen LogP contribution in [0, 0.1) is 18.8 Å². The lowest BCUT2D eigenvalue weighted by Gasteiger charge is -2.32. The van der Waals surface area contributed by atoms with Crippen molar-refractivity contribution < 1.29 is 4.79 Å². The molecule has 0 bridgehead atoms. The van der Waals surface area contributed by atoms with Gasteiger partial charge in [-0.05, 0) is 57.5 Å². The van der Waals surface area contributed by atoms with E-state index in [1.165, 1.54) is 12.8 Å². The zero-order valence-corrected chi connectivity index (χ0v) is 16.0. The quantitative estimate of drug-likeness (QED) is 0.890. The molecule has 0 aliphatic carbocycles. The number of nitrogens with zero attached hydrogens (tertiary/aromatic N) is 4. The Balaban J connectivity index is 1.58. The van der Waals surface area contributed by atoms with E-state index in [1.807, 2.05) is 16.5 Å². The highest BCUT2D eigenvalue weighted by Gasteiger charge is 2.28. The standard InChI is InChI=1S/C19H33N5O/c1-14(2)4-5-16-8-12-23(13-9-16)19(25)18-15(3)24(22-21-18)17-6-10-20-11-7-17/h14,16-17,20H,4-13H2,1-3H3. The van der Waals surface area contributed by atoms with Gasteiger partial charge in [0.15, 0.2) is 5.69 Å². The fourth-order valence-electron chi connectivity index (χ4n) is 4.08. The van der Waals surface area contributed by atoms with Crippen molar-refractivity contribution in [2.24, 2.45) is 11.8 Å². The van der Waals surface area contributed by atoms with Gasteiger partial charge in [-0.2, -0.15) is 0 Å². The van der Waals surface area contributed by atoms with E-state index in [0.717, 1.165) is 69.4 Å². The molecule has 1 aromatic rings. The average Bonchev–Trinajstić information content (AvgIpc) is 3.02. The third kappa shape index (κ3) is 4.40. The maximum Gasteiger partial charge on any atom is 0.276 e. The summed E-state index contributed by atoms with van der Waals surface area (Å²) in [6.45, 7) is 10.3. The van der Waals surface area contributed by atoms with Crippen LogP contribution in [0.2, 0.25) is 0 Å². The number of carbonyl (C=O) groups is 1. The van der Waals surface area contributed by atoms with Crippen LogP contribution in [-0.4, -0.2) is 52.0 Å². The molecule has 140 valence electrons. The maximum atomic E-state index is 12.9. The Morgan fingerprint density at radius 1 is 1.20 bits per heavy atom. The largest absolute Gasteiger partial charge is 0.337 e. The summed E-state index contributed by atoms with van der Waals surface area (Å²) in [5.41, 5.74) is 1.48. The first-order valence-corrected chi connectivity index (χ1v) is 9.98. The molecule has 0 unspecified atom stereocenters. The summed E-state index contributed by atoms with van der Waals surface area (Å²) >= 11 is 0. The van der Waals surface area contributed by atoms with Crippen molar-refractivity contribution in [3.05, 3.63) is 11.4 Å². The van der Waals surface area contributed by atoms with Gasteiger partial charge in [-0.25, -0.2) is 4.68 Å². The highest BCUT2D eigenvalue weighted by molar-refractivity contribution is 5.93. The third-order valence-corrected chi connectivity index (χ3v) is 5.84. The summed E-state index contributed by atoms with van der Waals surface area (Å²) in [6.07, 6.45) is 6.95. The van der Waals surface area contributed by atoms with E-state index in [4.69, 9.17) is 0 Å². The van der Waals surface area contributed by atoms with Crippen molar-refractivity contribution in [1.29, 1.82) is 0 Å². The number of rotatable bonds is 5. The molecule has 0 spiro atoms. The summed E-state index contributed by atoms with van der Waals surface area (Å²) in [5.74, 6) is 1.62. The van der Waals surface area contributed by atoms with Gasteiger partial charge in [0.2, 0.25) is 0 Å². The summed E-state index contributed by atoms with van der Waals surface area (Å²) in [6, 6.07) is 0.372. The molecule has 1 amide bonds. The van der Waals surface area contributed by atoms with Gasteiger partial charge in [0, 0.05) is 13.1 Å². The summed E-state index contributed by atoms with van der Waals surface area (Å²) in [7, 11) is 0. The molecule has 2 saturated heterocycles. The van der Waals surface area contributed by atoms with Crippen LogP contribution in [-0.2, 0) is 0 Å². The fraction of sp³-hybridized carbons (Fsp3) is 0.842. The monoisotopic (exact) mass is 347 g/mol. The predicted molar refractivity (Wildman–Crippen MR) is 98.6 cm³/mol. The number of amides is 1. The SMILES string of the molecule is Cc1c(C(=O)N2CCC(CCC(C)C)CC2)nnn1C1CCNCC1. The number of piperidine rings is 2. The Kier molecular flexibility index (Phi) is 6.10. The molecule has 0 aromatic carbocycles. The Morgan fingerprint density at radius 3 is 2.52 bits per heavy atom. The third-order valence-electron chi connectivity index (χ3n) is 5.84. The molecular weight excluding hydrogens is 314 g/mol. The minimum Gasteiger partial charge on any atom is -0.337 e. The van der Waals surface area contributed by atoms with Crippen LogP contribution >= 0.6 is 0 Å². The molecule has 0 atom stereocenters. The number of likely N-dealkylation sites (tertiary alicyclic amines) is 1. The van der Waals surface area contributed by atoms with Crippen LogP contribution in [0.5, 0.6) is 0 Å². The first-order valence-electron chi connectivity index (χ1n) is 9.98. The topological polar surface area (TPSA) is 63.1 Å². The van der Waals surface area contributed by atoms with E-state index in [0.29, 0.717) is 11.7 Å². The lowest BCUT2D eigenvalue weighted by molar-refractivity contribution is 0.0677. The molecule has 0 radical (unpaired) electrons. The summed E-state index contributed by atoms with van der Waals surface area (Å²) < 4.78 is 1.98. The van der Waals surface area contributed by atoms with E-state index in [2.05, 4.69) is 29.5 Å². The van der Waals surface area contributed by atoms with Gasteiger partial charge in [-0.1, -0.05) is 31.9 Å². The van der Waals surface area contributed by atoms with Crippen LogP contribution in [0.3, 0.4) is 0 Å². The number of hydrogen-bond acceptors (Lipinski definition) is 4. The number of nitrogens with one attached hydrogen (secondary N) is 1. The van der Waals surface area contributed by atoms with Gasteiger partial charge in [-0.15, -0.1) is 5.10 Å². The Hall–Kier alpha value is -1.43. The second-order valence-corrected chi connectivity index (χ2v) is 8.16. The predicted octanol–water partition coefficient (Wildman–Crippen LogP) is 2.80. The molecular formula is C19H33N5O. The highest BCUT2D eigenvalue weighted by atomic mass is 16.2. The van der Waals surface area contributed by atoms with E-state index in [1.54, 1.807) is 0 Å². The van der Waals surface area contributed by atoms with Crippen molar-refractivity contribution in [2.75, 3.05) is 26.2 Å². The van der Waals surface area contributed by atoms with Crippen molar-refractivity contribution in [1.82, 2.24) is 25.2 Å². The van der Waals surface area contributed by atoms with Crippen LogP contribution in [0.4, 0.5) is 0 Å². The van der Waals surface area contributed by atoms with Crippen LogP contribution < -0.4 is 5.32 Å². The van der Waals surface area contributed by atoms with Gasteiger partial charge < -0.3 is 10.2 Å². The number of hydrogen-bond donors (Lipinski definition) is 1. The van der Waals surface area contributed by atoms with E-state index in [-0.39, 0.29) is 5.91 Å². The second kappa shape index (κ2) is 8.30.